The van der Waals surface area contributed by atoms with Crippen LogP contribution in [0.15, 0.2) is 78.9 Å². The number of fused-ring (bicyclic) bond motifs is 1. The van der Waals surface area contributed by atoms with E-state index in [0.717, 1.165) is 16.5 Å². The van der Waals surface area contributed by atoms with Crippen LogP contribution in [0.4, 0.5) is 4.39 Å². The van der Waals surface area contributed by atoms with E-state index in [-0.39, 0.29) is 11.4 Å². The maximum absolute atomic E-state index is 14.9. The molecule has 3 nitrogen and oxygen atoms in total. The minimum atomic E-state index is -1.09. The van der Waals surface area contributed by atoms with Crippen molar-refractivity contribution in [3.05, 3.63) is 90.4 Å². The Morgan fingerprint density at radius 2 is 1.56 bits per heavy atom. The summed E-state index contributed by atoms with van der Waals surface area (Å²) in [5, 5.41) is 10.3. The zero-order valence-electron chi connectivity index (χ0n) is 13.2. The number of halogens is 1. The topological polar surface area (TPSA) is 42.2 Å². The van der Waals surface area contributed by atoms with Crippen molar-refractivity contribution in [1.82, 2.24) is 4.57 Å². The average Bonchev–Trinajstić information content (AvgIpc) is 3.02. The van der Waals surface area contributed by atoms with Crippen molar-refractivity contribution in [3.8, 4) is 16.8 Å². The number of rotatable bonds is 3. The zero-order valence-corrected chi connectivity index (χ0v) is 13.2. The van der Waals surface area contributed by atoms with Crippen molar-refractivity contribution in [1.29, 1.82) is 0 Å². The number of carboxylic acid groups (broad SMARTS) is 1. The third-order valence-corrected chi connectivity index (χ3v) is 4.23. The van der Waals surface area contributed by atoms with Gasteiger partial charge in [-0.05, 0) is 35.4 Å². The lowest BCUT2D eigenvalue weighted by Gasteiger charge is -2.11. The number of aromatic carboxylic acids is 1. The van der Waals surface area contributed by atoms with Crippen LogP contribution in [0.5, 0.6) is 0 Å². The summed E-state index contributed by atoms with van der Waals surface area (Å²) < 4.78 is 16.3. The molecule has 4 aromatic rings. The maximum Gasteiger partial charge on any atom is 0.352 e. The summed E-state index contributed by atoms with van der Waals surface area (Å²) in [6.07, 6.45) is 0. The van der Waals surface area contributed by atoms with Crippen molar-refractivity contribution in [2.75, 3.05) is 0 Å². The highest BCUT2D eigenvalue weighted by Gasteiger charge is 2.18. The van der Waals surface area contributed by atoms with Crippen molar-refractivity contribution < 1.29 is 14.3 Å². The van der Waals surface area contributed by atoms with Crippen LogP contribution in [0.25, 0.3) is 27.7 Å². The molecule has 122 valence electrons. The van der Waals surface area contributed by atoms with E-state index in [9.17, 15) is 14.3 Å². The van der Waals surface area contributed by atoms with Crippen molar-refractivity contribution in [2.24, 2.45) is 0 Å². The molecule has 1 heterocycles. The van der Waals surface area contributed by atoms with Gasteiger partial charge in [-0.2, -0.15) is 0 Å². The van der Waals surface area contributed by atoms with Gasteiger partial charge < -0.3 is 9.67 Å². The number of carboxylic acids is 1. The Morgan fingerprint density at radius 1 is 0.840 bits per heavy atom. The number of carbonyl (C=O) groups is 1. The molecule has 0 unspecified atom stereocenters. The molecule has 3 aromatic carbocycles. The summed E-state index contributed by atoms with van der Waals surface area (Å²) in [5.41, 5.74) is 2.57. The van der Waals surface area contributed by atoms with Crippen molar-refractivity contribution in [2.45, 2.75) is 0 Å². The van der Waals surface area contributed by atoms with Gasteiger partial charge in [0.1, 0.15) is 11.5 Å². The van der Waals surface area contributed by atoms with Crippen LogP contribution in [-0.4, -0.2) is 15.6 Å². The first-order valence-corrected chi connectivity index (χ1v) is 7.84. The summed E-state index contributed by atoms with van der Waals surface area (Å²) in [6.45, 7) is 0. The molecule has 25 heavy (non-hydrogen) atoms. The van der Waals surface area contributed by atoms with E-state index in [1.54, 1.807) is 30.3 Å². The standard InChI is InChI=1S/C21H14FNO2/c22-17-12-15(14-6-2-1-3-7-14)10-11-19(17)23-18-9-5-4-8-16(18)13-20(23)21(24)25/h1-13H,(H,24,25). The van der Waals surface area contributed by atoms with E-state index in [4.69, 9.17) is 0 Å². The fourth-order valence-electron chi connectivity index (χ4n) is 3.07. The molecule has 0 radical (unpaired) electrons. The van der Waals surface area contributed by atoms with Gasteiger partial charge >= 0.3 is 5.97 Å². The van der Waals surface area contributed by atoms with Crippen LogP contribution >= 0.6 is 0 Å². The fraction of sp³-hybridized carbons (Fsp3) is 0. The Morgan fingerprint density at radius 3 is 2.28 bits per heavy atom. The molecule has 1 aromatic heterocycles. The van der Waals surface area contributed by atoms with Gasteiger partial charge in [-0.1, -0.05) is 54.6 Å². The average molecular weight is 331 g/mol. The molecule has 0 aliphatic rings. The normalized spacial score (nSPS) is 10.9. The third-order valence-electron chi connectivity index (χ3n) is 4.23. The maximum atomic E-state index is 14.9. The second-order valence-corrected chi connectivity index (χ2v) is 5.76. The van der Waals surface area contributed by atoms with Gasteiger partial charge in [0.2, 0.25) is 0 Å². The van der Waals surface area contributed by atoms with Gasteiger partial charge in [0, 0.05) is 5.39 Å². The first-order chi connectivity index (χ1) is 12.1. The highest BCUT2D eigenvalue weighted by Crippen LogP contribution is 2.29. The Labute approximate surface area is 143 Å². The molecule has 0 fully saturated rings. The lowest BCUT2D eigenvalue weighted by atomic mass is 10.1. The summed E-state index contributed by atoms with van der Waals surface area (Å²) in [5.74, 6) is -1.56. The highest BCUT2D eigenvalue weighted by atomic mass is 19.1. The van der Waals surface area contributed by atoms with Gasteiger partial charge in [0.05, 0.1) is 11.2 Å². The summed E-state index contributed by atoms with van der Waals surface area (Å²) in [7, 11) is 0. The number of hydrogen-bond donors (Lipinski definition) is 1. The van der Waals surface area contributed by atoms with Gasteiger partial charge in [-0.25, -0.2) is 9.18 Å². The third kappa shape index (κ3) is 2.58. The van der Waals surface area contributed by atoms with Gasteiger partial charge in [-0.15, -0.1) is 0 Å². The molecule has 0 amide bonds. The number of aromatic nitrogens is 1. The van der Waals surface area contributed by atoms with Gasteiger partial charge in [-0.3, -0.25) is 0 Å². The molecule has 1 N–H and O–H groups in total. The Balaban J connectivity index is 1.92. The van der Waals surface area contributed by atoms with Gasteiger partial charge in [0.25, 0.3) is 0 Å². The van der Waals surface area contributed by atoms with Crippen molar-refractivity contribution in [3.63, 3.8) is 0 Å². The molecular weight excluding hydrogens is 317 g/mol. The SMILES string of the molecule is O=C(O)c1cc2ccccc2n1-c1ccc(-c2ccccc2)cc1F. The highest BCUT2D eigenvalue weighted by molar-refractivity contribution is 5.96. The molecule has 0 saturated carbocycles. The lowest BCUT2D eigenvalue weighted by molar-refractivity contribution is 0.0688. The van der Waals surface area contributed by atoms with Crippen molar-refractivity contribution >= 4 is 16.9 Å². The van der Waals surface area contributed by atoms with Crippen LogP contribution in [0.3, 0.4) is 0 Å². The monoisotopic (exact) mass is 331 g/mol. The second kappa shape index (κ2) is 5.91. The molecule has 0 bridgehead atoms. The molecule has 0 spiro atoms. The lowest BCUT2D eigenvalue weighted by Crippen LogP contribution is -2.08. The van der Waals surface area contributed by atoms with E-state index < -0.39 is 11.8 Å². The van der Waals surface area contributed by atoms with Crippen LogP contribution in [0, 0.1) is 5.82 Å². The Kier molecular flexibility index (Phi) is 3.58. The summed E-state index contributed by atoms with van der Waals surface area (Å²) in [4.78, 5) is 11.6. The van der Waals surface area contributed by atoms with E-state index in [2.05, 4.69) is 0 Å². The predicted molar refractivity (Wildman–Crippen MR) is 95.6 cm³/mol. The van der Waals surface area contributed by atoms with Gasteiger partial charge in [0.15, 0.2) is 0 Å². The Hall–Kier alpha value is -3.40. The first kappa shape index (κ1) is 15.1. The van der Waals surface area contributed by atoms with Crippen LogP contribution in [0.1, 0.15) is 10.5 Å². The Bertz CT molecular complexity index is 1080. The van der Waals surface area contributed by atoms with Crippen LogP contribution in [-0.2, 0) is 0 Å². The van der Waals surface area contributed by atoms with Crippen LogP contribution in [0.2, 0.25) is 0 Å². The molecular formula is C21H14FNO2. The van der Waals surface area contributed by atoms with E-state index >= 15 is 0 Å². The minimum absolute atomic E-state index is 0.0348. The van der Waals surface area contributed by atoms with E-state index in [1.807, 2.05) is 42.5 Å². The zero-order chi connectivity index (χ0) is 17.4. The second-order valence-electron chi connectivity index (χ2n) is 5.76. The number of nitrogens with zero attached hydrogens (tertiary/aromatic N) is 1. The number of hydrogen-bond acceptors (Lipinski definition) is 1. The molecule has 0 atom stereocenters. The smallest absolute Gasteiger partial charge is 0.352 e. The quantitative estimate of drug-likeness (QED) is 0.565. The molecule has 0 aliphatic heterocycles. The number of benzene rings is 3. The molecule has 4 heteroatoms. The van der Waals surface area contributed by atoms with Crippen LogP contribution < -0.4 is 0 Å². The van der Waals surface area contributed by atoms with E-state index in [1.165, 1.54) is 10.6 Å². The number of para-hydroxylation sites is 1. The molecule has 0 aliphatic carbocycles. The first-order valence-electron chi connectivity index (χ1n) is 7.84. The minimum Gasteiger partial charge on any atom is -0.477 e. The predicted octanol–water partition coefficient (Wildman–Crippen LogP) is 5.13. The fourth-order valence-corrected chi connectivity index (χ4v) is 3.07. The van der Waals surface area contributed by atoms with E-state index in [0.29, 0.717) is 5.52 Å². The summed E-state index contributed by atoms with van der Waals surface area (Å²) in [6, 6.07) is 23.1. The molecule has 0 saturated heterocycles. The molecule has 4 rings (SSSR count). The summed E-state index contributed by atoms with van der Waals surface area (Å²) >= 11 is 0. The largest absolute Gasteiger partial charge is 0.477 e.